The Kier molecular flexibility index (Phi) is 44.5. The summed E-state index contributed by atoms with van der Waals surface area (Å²) in [5.41, 5.74) is 36.7. The van der Waals surface area contributed by atoms with Crippen LogP contribution in [0.25, 0.3) is 10.9 Å². The van der Waals surface area contributed by atoms with Crippen molar-refractivity contribution in [2.45, 2.75) is 196 Å². The fourth-order valence-electron chi connectivity index (χ4n) is 13.1. The van der Waals surface area contributed by atoms with Crippen LogP contribution >= 0.6 is 0 Å². The van der Waals surface area contributed by atoms with Crippen molar-refractivity contribution in [2.24, 2.45) is 28.9 Å². The summed E-state index contributed by atoms with van der Waals surface area (Å²) < 4.78 is 31.7. The van der Waals surface area contributed by atoms with Crippen molar-refractivity contribution >= 4 is 112 Å². The molecule has 4 aromatic carbocycles. The number of aliphatic carboxylic acids is 2. The lowest BCUT2D eigenvalue weighted by Gasteiger charge is -2.32. The fraction of sp³-hybridized carbons (Fsp3) is 0.463. The van der Waals surface area contributed by atoms with Crippen LogP contribution in [0, 0.1) is 27.6 Å². The van der Waals surface area contributed by atoms with Crippen LogP contribution in [0.1, 0.15) is 120 Å². The molecule has 1 aromatic heterocycles. The van der Waals surface area contributed by atoms with Crippen molar-refractivity contribution in [3.8, 4) is 5.75 Å². The van der Waals surface area contributed by atoms with E-state index >= 15 is 24.0 Å². The third-order valence-electron chi connectivity index (χ3n) is 19.8. The first-order valence-electron chi connectivity index (χ1n) is 39.9. The van der Waals surface area contributed by atoms with Crippen LogP contribution in [0.4, 0.5) is 13.2 Å². The molecule has 5 aromatic rings. The van der Waals surface area contributed by atoms with Gasteiger partial charge in [0, 0.05) is 75.5 Å². The number of Topliss-reactive ketones (excluding diaryl/α,β-unsaturated/α-hetero) is 2. The number of H-pyrrole nitrogens is 1. The number of carbonyl (C=O) groups is 13. The van der Waals surface area contributed by atoms with Gasteiger partial charge in [-0.3, -0.25) is 69.6 Å². The Morgan fingerprint density at radius 2 is 0.935 bits per heavy atom. The number of carboxylic acids is 2. The number of hydrogen-bond acceptors (Lipinski definition) is 22. The number of hydrazine groups is 2. The number of rotatable bonds is 53. The number of carbonyl (C=O) groups excluding carboxylic acids is 11. The molecule has 12 atom stereocenters. The average Bonchev–Trinajstić information content (AvgIpc) is 1.63. The maximum atomic E-state index is 15.6. The predicted molar refractivity (Wildman–Crippen MR) is 450 cm³/mol. The van der Waals surface area contributed by atoms with Gasteiger partial charge in [0.25, 0.3) is 0 Å². The van der Waals surface area contributed by atoms with E-state index in [1.807, 2.05) is 12.1 Å². The zero-order valence-corrected chi connectivity index (χ0v) is 68.6. The number of halogens is 3. The lowest BCUT2D eigenvalue weighted by molar-refractivity contribution is -0.192. The number of fused-ring (bicyclic) bond motifs is 1. The van der Waals surface area contributed by atoms with Crippen LogP contribution in [0.15, 0.2) is 115 Å². The summed E-state index contributed by atoms with van der Waals surface area (Å²) in [7, 11) is 0. The number of hydrogen-bond donors (Lipinski definition) is 26. The fourth-order valence-corrected chi connectivity index (χ4v) is 13.1. The lowest BCUT2D eigenvalue weighted by Crippen LogP contribution is -2.62. The molecule has 1 saturated heterocycles. The van der Waals surface area contributed by atoms with Gasteiger partial charge in [-0.1, -0.05) is 111 Å². The summed E-state index contributed by atoms with van der Waals surface area (Å²) in [6.45, 7) is 3.93. The molecule has 1 fully saturated rings. The molecule has 2 heterocycles. The molecule has 0 unspecified atom stereocenters. The van der Waals surface area contributed by atoms with Gasteiger partial charge in [-0.15, -0.1) is 0 Å². The quantitative estimate of drug-likeness (QED) is 0.00501. The lowest BCUT2D eigenvalue weighted by atomic mass is 9.94. The van der Waals surface area contributed by atoms with E-state index in [0.29, 0.717) is 46.6 Å². The number of phenolic OH excluding ortho intramolecular Hbond substituents is 1. The molecule has 32 N–H and O–H groups in total. The van der Waals surface area contributed by atoms with Crippen molar-refractivity contribution < 1.29 is 96.3 Å². The number of aromatic hydroxyl groups is 1. The molecule has 0 aliphatic carbocycles. The first-order valence-corrected chi connectivity index (χ1v) is 39.9. The molecule has 0 saturated carbocycles. The predicted octanol–water partition coefficient (Wildman–Crippen LogP) is -1.98. The first kappa shape index (κ1) is 103. The van der Waals surface area contributed by atoms with Gasteiger partial charge in [-0.05, 0) is 123 Å². The summed E-state index contributed by atoms with van der Waals surface area (Å²) in [4.78, 5) is 184. The zero-order chi connectivity index (χ0) is 90.7. The van der Waals surface area contributed by atoms with Gasteiger partial charge in [0.1, 0.15) is 60.6 Å². The van der Waals surface area contributed by atoms with Crippen LogP contribution < -0.4 is 97.8 Å². The zero-order valence-electron chi connectivity index (χ0n) is 68.6. The van der Waals surface area contributed by atoms with Crippen LogP contribution in [-0.4, -0.2) is 237 Å². The Morgan fingerprint density at radius 3 is 1.41 bits per heavy atom. The molecule has 6 rings (SSSR count). The Labute approximate surface area is 712 Å². The number of nitrogens with two attached hydrogens (primary N) is 4. The van der Waals surface area contributed by atoms with Crippen LogP contribution in [0.2, 0.25) is 0 Å². The second-order valence-electron chi connectivity index (χ2n) is 29.2. The highest BCUT2D eigenvalue weighted by molar-refractivity contribution is 6.41. The summed E-state index contributed by atoms with van der Waals surface area (Å²) in [6, 6.07) is 16.0. The van der Waals surface area contributed by atoms with E-state index in [9.17, 15) is 56.9 Å². The van der Waals surface area contributed by atoms with E-state index in [2.05, 4.69) is 79.9 Å². The molecule has 0 radical (unpaired) electrons. The summed E-state index contributed by atoms with van der Waals surface area (Å²) in [6.07, 6.45) is -2.26. The topological polar surface area (TPSA) is 701 Å². The number of aromatic amines is 1. The van der Waals surface area contributed by atoms with Crippen molar-refractivity contribution in [1.82, 2.24) is 84.8 Å². The number of ketones is 2. The molecular formula is C80H115F3N24O17. The van der Waals surface area contributed by atoms with Gasteiger partial charge < -0.3 is 116 Å². The monoisotopic (exact) mass is 1740 g/mol. The van der Waals surface area contributed by atoms with E-state index in [0.717, 1.165) is 5.56 Å². The van der Waals surface area contributed by atoms with Crippen molar-refractivity contribution in [3.05, 3.63) is 138 Å². The number of guanidine groups is 4. The summed E-state index contributed by atoms with van der Waals surface area (Å²) in [5, 5.41) is 85.4. The number of aromatic nitrogens is 1. The molecular weight excluding hydrogens is 1630 g/mol. The van der Waals surface area contributed by atoms with Gasteiger partial charge >= 0.3 is 18.1 Å². The smallest absolute Gasteiger partial charge is 0.490 e. The third kappa shape index (κ3) is 36.6. The average molecular weight is 1740 g/mol. The van der Waals surface area contributed by atoms with Crippen LogP contribution in [-0.2, 0) is 88.0 Å². The van der Waals surface area contributed by atoms with Crippen molar-refractivity contribution in [1.29, 1.82) is 21.6 Å². The summed E-state index contributed by atoms with van der Waals surface area (Å²) in [5.74, 6) is -13.7. The first-order chi connectivity index (χ1) is 58.5. The largest absolute Gasteiger partial charge is 0.508 e. The number of nitrogens with one attached hydrogen (secondary N) is 19. The van der Waals surface area contributed by atoms with E-state index in [1.54, 1.807) is 92.8 Å². The number of para-hydroxylation sites is 1. The summed E-state index contributed by atoms with van der Waals surface area (Å²) >= 11 is 0. The Hall–Kier alpha value is -13.2. The second-order valence-corrected chi connectivity index (χ2v) is 29.2. The van der Waals surface area contributed by atoms with Crippen LogP contribution in [0.5, 0.6) is 5.75 Å². The van der Waals surface area contributed by atoms with Gasteiger partial charge in [-0.2, -0.15) is 13.2 Å². The Morgan fingerprint density at radius 1 is 0.516 bits per heavy atom. The highest BCUT2D eigenvalue weighted by atomic mass is 19.4. The normalized spacial score (nSPS) is 14.9. The van der Waals surface area contributed by atoms with Crippen LogP contribution in [0.3, 0.4) is 0 Å². The number of alkyl halides is 3. The Bertz CT molecular complexity index is 4380. The van der Waals surface area contributed by atoms with E-state index in [-0.39, 0.29) is 164 Å². The second kappa shape index (κ2) is 53.5. The number of benzene rings is 4. The molecule has 41 nitrogen and oxygen atoms in total. The maximum absolute atomic E-state index is 15.6. The number of nitrogens with zero attached hydrogens (tertiary/aromatic N) is 1. The van der Waals surface area contributed by atoms with Gasteiger partial charge in [0.15, 0.2) is 23.8 Å². The molecule has 1 aliphatic rings. The number of aldehydes is 2. The maximum Gasteiger partial charge on any atom is 0.490 e. The molecule has 1 aliphatic heterocycles. The molecule has 7 amide bonds. The highest BCUT2D eigenvalue weighted by Gasteiger charge is 2.43. The molecule has 124 heavy (non-hydrogen) atoms. The highest BCUT2D eigenvalue weighted by Crippen LogP contribution is 2.24. The minimum Gasteiger partial charge on any atom is -0.508 e. The van der Waals surface area contributed by atoms with Gasteiger partial charge in [-0.25, -0.2) is 26.5 Å². The minimum absolute atomic E-state index is 0. The molecule has 678 valence electrons. The van der Waals surface area contributed by atoms with Crippen molar-refractivity contribution in [3.63, 3.8) is 0 Å². The van der Waals surface area contributed by atoms with E-state index in [4.69, 9.17) is 54.5 Å². The minimum atomic E-state index is -5.08. The Balaban J connectivity index is 0.00000385. The van der Waals surface area contributed by atoms with Gasteiger partial charge in [0.2, 0.25) is 52.9 Å². The SMILES string of the molecule is CC[C@H](C)[C@H](NC(=O)[C@H](CCCNC(=N)N)NN[C@@H](CCCNC(=N)N)C(=O)N[C@H](C=O)CCC(=O)O)C(=O)N[C@@H](Cc1c[nH]c2ccccc12)C(=O)N[C@@H](Cc1ccccc1)C(=O)N1CCC[C@H]1C(=O)N[C@@H](Cc1ccc(O)cc1)C(=O)C(=O)[C@H](CCCNC(=N)N)NN[C@@H](CCCNC(=N)N)C(=O)N[C@H](C=O)Cc1ccccc1.O.O=C(O)C(F)(F)F. The van der Waals surface area contributed by atoms with Gasteiger partial charge in [0.05, 0.1) is 24.2 Å². The number of carboxylic acid groups (broad SMARTS) is 2. The number of likely N-dealkylation sites (tertiary alicyclic amines) is 1. The van der Waals surface area contributed by atoms with E-state index in [1.165, 1.54) is 29.2 Å². The third-order valence-corrected chi connectivity index (χ3v) is 19.8. The number of phenols is 1. The van der Waals surface area contributed by atoms with Crippen molar-refractivity contribution in [2.75, 3.05) is 32.7 Å². The number of amides is 7. The van der Waals surface area contributed by atoms with E-state index < -0.39 is 150 Å². The standard InChI is InChI=1S/C78H112N24O14.C2HF3O2.H2O/c1-3-46(2)65(97-70(112)59(26-15-37-90-78(85)86)101-100-57(24-13-35-88-76(81)82)68(110)92-51(44-103)30-33-64(106)107)73(115)95-61(42-50-43-91-55-22-11-10-21-54(50)55)71(113)96-62(41-48-19-8-5-9-20-48)74(116)102-38-16-27-63(102)72(114)94-60(40-49-28-31-53(105)32-29-49)67(109)66(108)56(23-12-34-87-75(79)80)98-99-58(25-14-36-89-77(83)84)69(111)93-52(45-104)39-47-17-6-4-7-18-47;3-2(4,5)1(6)7;/h4-11,17-22,28-29,31-32,43-46,51-52,56-63,65,91,98-101,105H,3,12-16,23-27,30,33-42H2,1-2H3,(H,92,110)(H,93,111)(H,94,114)(H,95,115)(H,96,113)(H,97,112)(H,106,107)(H4,79,80,87)(H4,81,82,88)(H4,83,84,89)(H4,85,86,90);(H,6,7);1H2/t46-,51-,52-,56-,57-,58-,59-,60-,61-,62-,63-,65-;;/m0../s1. The molecule has 0 bridgehead atoms. The molecule has 44 heteroatoms. The molecule has 0 spiro atoms.